The van der Waals surface area contributed by atoms with E-state index in [4.69, 9.17) is 9.47 Å². The Balaban J connectivity index is 2.36. The van der Waals surface area contributed by atoms with Crippen molar-refractivity contribution in [3.05, 3.63) is 47.8 Å². The number of hydrogen-bond donors (Lipinski definition) is 0. The lowest BCUT2D eigenvalue weighted by Gasteiger charge is -2.14. The number of benzene rings is 2. The van der Waals surface area contributed by atoms with Gasteiger partial charge in [0.25, 0.3) is 0 Å². The van der Waals surface area contributed by atoms with Gasteiger partial charge in [0.15, 0.2) is 0 Å². The van der Waals surface area contributed by atoms with E-state index in [1.807, 2.05) is 18.2 Å². The van der Waals surface area contributed by atoms with E-state index in [1.54, 1.807) is 19.2 Å². The standard InChI is InChI=1S/C20H25FO2/c1-4-6-7-12-23-20-13-15(5-2)8-10-17(20)18-14-16(22-3)9-11-19(18)21/h8-11,13-14H,4-7,12H2,1-3H3. The van der Waals surface area contributed by atoms with Gasteiger partial charge in [0.05, 0.1) is 13.7 Å². The van der Waals surface area contributed by atoms with Gasteiger partial charge in [-0.15, -0.1) is 0 Å². The molecular formula is C20H25FO2. The van der Waals surface area contributed by atoms with Crippen LogP contribution in [-0.4, -0.2) is 13.7 Å². The minimum Gasteiger partial charge on any atom is -0.497 e. The fourth-order valence-electron chi connectivity index (χ4n) is 2.50. The number of unbranched alkanes of at least 4 members (excludes halogenated alkanes) is 2. The molecule has 124 valence electrons. The topological polar surface area (TPSA) is 18.5 Å². The summed E-state index contributed by atoms with van der Waals surface area (Å²) in [6, 6.07) is 10.7. The number of rotatable bonds is 8. The first-order valence-electron chi connectivity index (χ1n) is 8.29. The smallest absolute Gasteiger partial charge is 0.131 e. The minimum atomic E-state index is -0.270. The molecule has 0 unspecified atom stereocenters. The summed E-state index contributed by atoms with van der Waals surface area (Å²) >= 11 is 0. The van der Waals surface area contributed by atoms with E-state index in [0.717, 1.165) is 37.0 Å². The number of ether oxygens (including phenoxy) is 2. The predicted octanol–water partition coefficient (Wildman–Crippen LogP) is 5.63. The van der Waals surface area contributed by atoms with Crippen LogP contribution in [0.5, 0.6) is 11.5 Å². The molecule has 2 aromatic carbocycles. The molecule has 0 amide bonds. The zero-order valence-corrected chi connectivity index (χ0v) is 14.2. The fraction of sp³-hybridized carbons (Fsp3) is 0.400. The van der Waals surface area contributed by atoms with Crippen molar-refractivity contribution in [1.82, 2.24) is 0 Å². The highest BCUT2D eigenvalue weighted by Crippen LogP contribution is 2.35. The minimum absolute atomic E-state index is 0.270. The van der Waals surface area contributed by atoms with Gasteiger partial charge >= 0.3 is 0 Å². The van der Waals surface area contributed by atoms with Gasteiger partial charge in [-0.3, -0.25) is 0 Å². The maximum Gasteiger partial charge on any atom is 0.131 e. The van der Waals surface area contributed by atoms with Crippen molar-refractivity contribution in [1.29, 1.82) is 0 Å². The monoisotopic (exact) mass is 316 g/mol. The molecule has 0 radical (unpaired) electrons. The van der Waals surface area contributed by atoms with Crippen LogP contribution in [-0.2, 0) is 6.42 Å². The highest BCUT2D eigenvalue weighted by Gasteiger charge is 2.13. The molecule has 0 atom stereocenters. The van der Waals surface area contributed by atoms with E-state index in [2.05, 4.69) is 13.8 Å². The Labute approximate surface area is 138 Å². The number of aryl methyl sites for hydroxylation is 1. The summed E-state index contributed by atoms with van der Waals surface area (Å²) in [6.07, 6.45) is 4.21. The average Bonchev–Trinajstić information content (AvgIpc) is 2.59. The third kappa shape index (κ3) is 4.47. The molecule has 0 bridgehead atoms. The summed E-state index contributed by atoms with van der Waals surface area (Å²) in [5, 5.41) is 0. The average molecular weight is 316 g/mol. The Morgan fingerprint density at radius 2 is 1.78 bits per heavy atom. The van der Waals surface area contributed by atoms with Gasteiger partial charge in [0.2, 0.25) is 0 Å². The van der Waals surface area contributed by atoms with Gasteiger partial charge < -0.3 is 9.47 Å². The molecule has 0 aliphatic rings. The Bertz CT molecular complexity index is 638. The van der Waals surface area contributed by atoms with E-state index in [1.165, 1.54) is 11.6 Å². The van der Waals surface area contributed by atoms with Crippen LogP contribution in [0.4, 0.5) is 4.39 Å². The summed E-state index contributed by atoms with van der Waals surface area (Å²) in [6.45, 7) is 4.91. The van der Waals surface area contributed by atoms with Crippen molar-refractivity contribution in [2.24, 2.45) is 0 Å². The van der Waals surface area contributed by atoms with Crippen molar-refractivity contribution in [3.8, 4) is 22.6 Å². The lowest BCUT2D eigenvalue weighted by atomic mass is 10.0. The first kappa shape index (κ1) is 17.3. The van der Waals surface area contributed by atoms with Crippen LogP contribution in [0.2, 0.25) is 0 Å². The SMILES string of the molecule is CCCCCOc1cc(CC)ccc1-c1cc(OC)ccc1F. The van der Waals surface area contributed by atoms with Crippen LogP contribution in [0, 0.1) is 5.82 Å². The third-order valence-electron chi connectivity index (χ3n) is 3.92. The van der Waals surface area contributed by atoms with Crippen molar-refractivity contribution < 1.29 is 13.9 Å². The van der Waals surface area contributed by atoms with Crippen LogP contribution in [0.3, 0.4) is 0 Å². The molecule has 2 nitrogen and oxygen atoms in total. The van der Waals surface area contributed by atoms with Crippen molar-refractivity contribution in [2.45, 2.75) is 39.5 Å². The predicted molar refractivity (Wildman–Crippen MR) is 92.8 cm³/mol. The molecule has 0 aliphatic heterocycles. The maximum atomic E-state index is 14.3. The molecule has 0 aromatic heterocycles. The molecular weight excluding hydrogens is 291 g/mol. The second-order valence-electron chi connectivity index (χ2n) is 5.59. The Morgan fingerprint density at radius 3 is 2.48 bits per heavy atom. The second kappa shape index (κ2) is 8.56. The summed E-state index contributed by atoms with van der Waals surface area (Å²) < 4.78 is 25.5. The summed E-state index contributed by atoms with van der Waals surface area (Å²) in [5.74, 6) is 1.11. The molecule has 3 heteroatoms. The van der Waals surface area contributed by atoms with Gasteiger partial charge in [-0.25, -0.2) is 4.39 Å². The van der Waals surface area contributed by atoms with Crippen LogP contribution in [0.15, 0.2) is 36.4 Å². The van der Waals surface area contributed by atoms with Crippen molar-refractivity contribution >= 4 is 0 Å². The van der Waals surface area contributed by atoms with E-state index in [9.17, 15) is 4.39 Å². The summed E-state index contributed by atoms with van der Waals surface area (Å²) in [7, 11) is 1.58. The highest BCUT2D eigenvalue weighted by molar-refractivity contribution is 5.72. The van der Waals surface area contributed by atoms with E-state index >= 15 is 0 Å². The molecule has 2 aromatic rings. The molecule has 0 heterocycles. The molecule has 0 saturated heterocycles. The highest BCUT2D eigenvalue weighted by atomic mass is 19.1. The first-order valence-corrected chi connectivity index (χ1v) is 8.29. The van der Waals surface area contributed by atoms with E-state index in [0.29, 0.717) is 17.9 Å². The lowest BCUT2D eigenvalue weighted by Crippen LogP contribution is -2.00. The van der Waals surface area contributed by atoms with Gasteiger partial charge in [0.1, 0.15) is 17.3 Å². The quantitative estimate of drug-likeness (QED) is 0.587. The second-order valence-corrected chi connectivity index (χ2v) is 5.59. The van der Waals surface area contributed by atoms with Crippen LogP contribution in [0.1, 0.15) is 38.7 Å². The van der Waals surface area contributed by atoms with Crippen molar-refractivity contribution in [3.63, 3.8) is 0 Å². The molecule has 0 N–H and O–H groups in total. The zero-order chi connectivity index (χ0) is 16.7. The molecule has 2 rings (SSSR count). The molecule has 0 saturated carbocycles. The van der Waals surface area contributed by atoms with Crippen LogP contribution >= 0.6 is 0 Å². The van der Waals surface area contributed by atoms with Gasteiger partial charge in [-0.2, -0.15) is 0 Å². The lowest BCUT2D eigenvalue weighted by molar-refractivity contribution is 0.307. The Kier molecular flexibility index (Phi) is 6.45. The van der Waals surface area contributed by atoms with Crippen LogP contribution in [0.25, 0.3) is 11.1 Å². The molecule has 0 spiro atoms. The first-order chi connectivity index (χ1) is 11.2. The number of methoxy groups -OCH3 is 1. The Morgan fingerprint density at radius 1 is 0.957 bits per heavy atom. The van der Waals surface area contributed by atoms with E-state index < -0.39 is 0 Å². The van der Waals surface area contributed by atoms with Gasteiger partial charge in [-0.1, -0.05) is 38.8 Å². The normalized spacial score (nSPS) is 10.6. The van der Waals surface area contributed by atoms with Crippen molar-refractivity contribution in [2.75, 3.05) is 13.7 Å². The van der Waals surface area contributed by atoms with Gasteiger partial charge in [-0.05, 0) is 42.7 Å². The summed E-state index contributed by atoms with van der Waals surface area (Å²) in [4.78, 5) is 0. The van der Waals surface area contributed by atoms with E-state index in [-0.39, 0.29) is 5.82 Å². The van der Waals surface area contributed by atoms with Gasteiger partial charge in [0, 0.05) is 11.1 Å². The summed E-state index contributed by atoms with van der Waals surface area (Å²) in [5.41, 5.74) is 2.47. The zero-order valence-electron chi connectivity index (χ0n) is 14.2. The molecule has 0 fully saturated rings. The largest absolute Gasteiger partial charge is 0.497 e. The Hall–Kier alpha value is -2.03. The fourth-order valence-corrected chi connectivity index (χ4v) is 2.50. The third-order valence-corrected chi connectivity index (χ3v) is 3.92. The molecule has 23 heavy (non-hydrogen) atoms. The number of hydrogen-bond acceptors (Lipinski definition) is 2. The maximum absolute atomic E-state index is 14.3. The van der Waals surface area contributed by atoms with Crippen LogP contribution < -0.4 is 9.47 Å². The number of halogens is 1. The molecule has 0 aliphatic carbocycles.